The molecule has 17 heavy (non-hydrogen) atoms. The van der Waals surface area contributed by atoms with E-state index >= 15 is 0 Å². The predicted molar refractivity (Wildman–Crippen MR) is 70.2 cm³/mol. The summed E-state index contributed by atoms with van der Waals surface area (Å²) in [5.74, 6) is 0. The van der Waals surface area contributed by atoms with Gasteiger partial charge in [0.15, 0.2) is 6.29 Å². The van der Waals surface area contributed by atoms with Crippen LogP contribution in [0.1, 0.15) is 18.1 Å². The Morgan fingerprint density at radius 1 is 1.24 bits per heavy atom. The Hall–Kier alpha value is -0.900. The third-order valence-electron chi connectivity index (χ3n) is 2.80. The number of aryl methyl sites for hydroxylation is 1. The molecule has 1 unspecified atom stereocenters. The van der Waals surface area contributed by atoms with Crippen LogP contribution in [0.2, 0.25) is 0 Å². The van der Waals surface area contributed by atoms with Gasteiger partial charge in [0.05, 0.1) is 6.04 Å². The topological polar surface area (TPSA) is 30.5 Å². The summed E-state index contributed by atoms with van der Waals surface area (Å²) in [4.78, 5) is 0. The Balaban J connectivity index is 2.71. The Labute approximate surface area is 104 Å². The summed E-state index contributed by atoms with van der Waals surface area (Å²) in [6.07, 6.45) is 0.692. The molecule has 0 heterocycles. The van der Waals surface area contributed by atoms with Gasteiger partial charge in [-0.05, 0) is 25.5 Å². The van der Waals surface area contributed by atoms with E-state index in [1.807, 2.05) is 0 Å². The second kappa shape index (κ2) is 7.43. The molecule has 0 saturated heterocycles. The zero-order valence-electron chi connectivity index (χ0n) is 11.2. The molecule has 1 aromatic carbocycles. The Kier molecular flexibility index (Phi) is 6.19. The van der Waals surface area contributed by atoms with Gasteiger partial charge in [-0.15, -0.1) is 0 Å². The third kappa shape index (κ3) is 4.46. The Bertz CT molecular complexity index is 324. The first-order valence-corrected chi connectivity index (χ1v) is 6.05. The van der Waals surface area contributed by atoms with Gasteiger partial charge in [-0.2, -0.15) is 0 Å². The van der Waals surface area contributed by atoms with Crippen molar-refractivity contribution < 1.29 is 9.47 Å². The first-order valence-electron chi connectivity index (χ1n) is 6.05. The highest BCUT2D eigenvalue weighted by Gasteiger charge is 2.20. The fraction of sp³-hybridized carbons (Fsp3) is 0.571. The van der Waals surface area contributed by atoms with E-state index in [1.165, 1.54) is 11.1 Å². The highest BCUT2D eigenvalue weighted by molar-refractivity contribution is 5.23. The molecule has 0 bridgehead atoms. The van der Waals surface area contributed by atoms with Crippen molar-refractivity contribution in [2.45, 2.75) is 32.6 Å². The number of benzene rings is 1. The number of methoxy groups -OCH3 is 2. The lowest BCUT2D eigenvalue weighted by atomic mass is 10.0. The van der Waals surface area contributed by atoms with Gasteiger partial charge in [0.2, 0.25) is 0 Å². The van der Waals surface area contributed by atoms with E-state index in [1.54, 1.807) is 14.2 Å². The molecule has 1 N–H and O–H groups in total. The van der Waals surface area contributed by atoms with Crippen molar-refractivity contribution in [3.8, 4) is 0 Å². The van der Waals surface area contributed by atoms with Crippen LogP contribution in [0.4, 0.5) is 0 Å². The molecule has 0 aliphatic heterocycles. The summed E-state index contributed by atoms with van der Waals surface area (Å²) in [6.45, 7) is 5.10. The van der Waals surface area contributed by atoms with Crippen LogP contribution in [0.15, 0.2) is 24.3 Å². The SMILES string of the molecule is CCNC(Cc1cccc(C)c1)C(OC)OC. The van der Waals surface area contributed by atoms with E-state index < -0.39 is 0 Å². The van der Waals surface area contributed by atoms with E-state index in [0.29, 0.717) is 0 Å². The van der Waals surface area contributed by atoms with Crippen molar-refractivity contribution in [1.82, 2.24) is 5.32 Å². The Morgan fingerprint density at radius 2 is 1.94 bits per heavy atom. The molecule has 1 rings (SSSR count). The molecule has 0 aromatic heterocycles. The number of ether oxygens (including phenoxy) is 2. The summed E-state index contributed by atoms with van der Waals surface area (Å²) in [5, 5.41) is 3.40. The monoisotopic (exact) mass is 237 g/mol. The van der Waals surface area contributed by atoms with Crippen molar-refractivity contribution in [2.24, 2.45) is 0 Å². The minimum absolute atomic E-state index is 0.178. The highest BCUT2D eigenvalue weighted by atomic mass is 16.7. The van der Waals surface area contributed by atoms with Gasteiger partial charge in [-0.3, -0.25) is 0 Å². The van der Waals surface area contributed by atoms with Crippen LogP contribution < -0.4 is 5.32 Å². The second-order valence-corrected chi connectivity index (χ2v) is 4.20. The van der Waals surface area contributed by atoms with E-state index in [0.717, 1.165) is 13.0 Å². The third-order valence-corrected chi connectivity index (χ3v) is 2.80. The standard InChI is InChI=1S/C14H23NO2/c1-5-15-13(14(16-3)17-4)10-12-8-6-7-11(2)9-12/h6-9,13-15H,5,10H2,1-4H3. The van der Waals surface area contributed by atoms with Crippen LogP contribution >= 0.6 is 0 Å². The van der Waals surface area contributed by atoms with Crippen molar-refractivity contribution in [3.63, 3.8) is 0 Å². The molecule has 0 aliphatic rings. The molecule has 0 radical (unpaired) electrons. The summed E-state index contributed by atoms with van der Waals surface area (Å²) in [6, 6.07) is 8.71. The van der Waals surface area contributed by atoms with Gasteiger partial charge in [0, 0.05) is 14.2 Å². The van der Waals surface area contributed by atoms with Gasteiger partial charge in [0.25, 0.3) is 0 Å². The maximum atomic E-state index is 5.33. The average molecular weight is 237 g/mol. The van der Waals surface area contributed by atoms with Crippen molar-refractivity contribution >= 4 is 0 Å². The van der Waals surface area contributed by atoms with Gasteiger partial charge in [-0.25, -0.2) is 0 Å². The van der Waals surface area contributed by atoms with Crippen molar-refractivity contribution in [2.75, 3.05) is 20.8 Å². The van der Waals surface area contributed by atoms with Crippen LogP contribution in [0.25, 0.3) is 0 Å². The fourth-order valence-electron chi connectivity index (χ4n) is 2.04. The lowest BCUT2D eigenvalue weighted by molar-refractivity contribution is -0.122. The zero-order chi connectivity index (χ0) is 12.7. The van der Waals surface area contributed by atoms with Crippen molar-refractivity contribution in [1.29, 1.82) is 0 Å². The molecule has 96 valence electrons. The van der Waals surface area contributed by atoms with E-state index in [4.69, 9.17) is 9.47 Å². The minimum atomic E-state index is -0.213. The number of rotatable bonds is 7. The largest absolute Gasteiger partial charge is 0.354 e. The second-order valence-electron chi connectivity index (χ2n) is 4.20. The highest BCUT2D eigenvalue weighted by Crippen LogP contribution is 2.10. The quantitative estimate of drug-likeness (QED) is 0.737. The summed E-state index contributed by atoms with van der Waals surface area (Å²) < 4.78 is 10.7. The first kappa shape index (κ1) is 14.2. The number of hydrogen-bond donors (Lipinski definition) is 1. The molecule has 3 nitrogen and oxygen atoms in total. The molecule has 0 saturated carbocycles. The van der Waals surface area contributed by atoms with E-state index in [2.05, 4.69) is 43.4 Å². The number of nitrogens with one attached hydrogen (secondary N) is 1. The molecule has 0 spiro atoms. The summed E-state index contributed by atoms with van der Waals surface area (Å²) >= 11 is 0. The van der Waals surface area contributed by atoms with Gasteiger partial charge >= 0.3 is 0 Å². The number of hydrogen-bond acceptors (Lipinski definition) is 3. The van der Waals surface area contributed by atoms with Crippen LogP contribution in [-0.2, 0) is 15.9 Å². The maximum Gasteiger partial charge on any atom is 0.172 e. The Morgan fingerprint density at radius 3 is 2.47 bits per heavy atom. The van der Waals surface area contributed by atoms with Crippen molar-refractivity contribution in [3.05, 3.63) is 35.4 Å². The smallest absolute Gasteiger partial charge is 0.172 e. The minimum Gasteiger partial charge on any atom is -0.354 e. The first-order chi connectivity index (χ1) is 8.21. The predicted octanol–water partition coefficient (Wildman–Crippen LogP) is 2.13. The molecule has 0 fully saturated rings. The van der Waals surface area contributed by atoms with Crippen LogP contribution in [0.5, 0.6) is 0 Å². The lowest BCUT2D eigenvalue weighted by Gasteiger charge is -2.25. The normalized spacial score (nSPS) is 13.0. The van der Waals surface area contributed by atoms with Crippen LogP contribution in [0, 0.1) is 6.92 Å². The zero-order valence-corrected chi connectivity index (χ0v) is 11.2. The van der Waals surface area contributed by atoms with E-state index in [9.17, 15) is 0 Å². The molecule has 3 heteroatoms. The molecular formula is C14H23NO2. The molecule has 0 amide bonds. The van der Waals surface area contributed by atoms with Crippen LogP contribution in [0.3, 0.4) is 0 Å². The van der Waals surface area contributed by atoms with Gasteiger partial charge in [-0.1, -0.05) is 36.8 Å². The van der Waals surface area contributed by atoms with Crippen LogP contribution in [-0.4, -0.2) is 33.1 Å². The fourth-order valence-corrected chi connectivity index (χ4v) is 2.04. The number of likely N-dealkylation sites (N-methyl/N-ethyl adjacent to an activating group) is 1. The summed E-state index contributed by atoms with van der Waals surface area (Å²) in [7, 11) is 3.35. The maximum absolute atomic E-state index is 5.33. The van der Waals surface area contributed by atoms with E-state index in [-0.39, 0.29) is 12.3 Å². The molecule has 1 aromatic rings. The lowest BCUT2D eigenvalue weighted by Crippen LogP contribution is -2.43. The summed E-state index contributed by atoms with van der Waals surface area (Å²) in [5.41, 5.74) is 2.58. The molecular weight excluding hydrogens is 214 g/mol. The van der Waals surface area contributed by atoms with Gasteiger partial charge in [0.1, 0.15) is 0 Å². The average Bonchev–Trinajstić information content (AvgIpc) is 2.31. The molecule has 1 atom stereocenters. The molecule has 0 aliphatic carbocycles. The van der Waals surface area contributed by atoms with Gasteiger partial charge < -0.3 is 14.8 Å².